The van der Waals surface area contributed by atoms with Crippen molar-refractivity contribution in [3.8, 4) is 5.88 Å². The summed E-state index contributed by atoms with van der Waals surface area (Å²) >= 11 is 1.68. The van der Waals surface area contributed by atoms with Crippen molar-refractivity contribution in [2.75, 3.05) is 19.7 Å². The van der Waals surface area contributed by atoms with Crippen LogP contribution in [-0.2, 0) is 13.0 Å². The minimum absolute atomic E-state index is 0. The topological polar surface area (TPSA) is 71.4 Å². The molecule has 0 aromatic carbocycles. The summed E-state index contributed by atoms with van der Waals surface area (Å²) in [5.74, 6) is 1.46. The largest absolute Gasteiger partial charge is 0.477 e. The number of hydrogen-bond acceptors (Lipinski definition) is 5. The molecule has 2 aromatic rings. The molecule has 6 nitrogen and oxygen atoms in total. The number of guanidine groups is 1. The van der Waals surface area contributed by atoms with Crippen LogP contribution in [0.4, 0.5) is 0 Å². The van der Waals surface area contributed by atoms with Crippen molar-refractivity contribution in [2.45, 2.75) is 40.2 Å². The Hall–Kier alpha value is -1.42. The Morgan fingerprint density at radius 1 is 1.31 bits per heavy atom. The first-order valence-electron chi connectivity index (χ1n) is 8.72. The van der Waals surface area contributed by atoms with E-state index in [2.05, 4.69) is 44.8 Å². The van der Waals surface area contributed by atoms with Gasteiger partial charge in [0, 0.05) is 36.7 Å². The second-order valence-electron chi connectivity index (χ2n) is 5.55. The molecule has 0 fully saturated rings. The van der Waals surface area contributed by atoms with Gasteiger partial charge in [-0.05, 0) is 26.3 Å². The van der Waals surface area contributed by atoms with Gasteiger partial charge >= 0.3 is 0 Å². The van der Waals surface area contributed by atoms with Crippen LogP contribution in [0.5, 0.6) is 5.88 Å². The van der Waals surface area contributed by atoms with Gasteiger partial charge in [-0.15, -0.1) is 35.3 Å². The Morgan fingerprint density at radius 2 is 2.15 bits per heavy atom. The summed E-state index contributed by atoms with van der Waals surface area (Å²) in [5, 5.41) is 9.83. The molecule has 144 valence electrons. The van der Waals surface area contributed by atoms with Gasteiger partial charge in [-0.2, -0.15) is 0 Å². The molecule has 2 aromatic heterocycles. The normalized spacial score (nSPS) is 11.0. The van der Waals surface area contributed by atoms with E-state index in [1.165, 1.54) is 0 Å². The van der Waals surface area contributed by atoms with Crippen molar-refractivity contribution in [3.63, 3.8) is 0 Å². The lowest BCUT2D eigenvalue weighted by Crippen LogP contribution is -2.38. The second kappa shape index (κ2) is 12.9. The van der Waals surface area contributed by atoms with E-state index in [9.17, 15) is 0 Å². The van der Waals surface area contributed by atoms with Gasteiger partial charge < -0.3 is 15.4 Å². The van der Waals surface area contributed by atoms with Gasteiger partial charge in [0.15, 0.2) is 5.96 Å². The lowest BCUT2D eigenvalue weighted by molar-refractivity contribution is 0.302. The van der Waals surface area contributed by atoms with Crippen LogP contribution in [0.1, 0.15) is 36.5 Å². The number of aromatic nitrogens is 2. The van der Waals surface area contributed by atoms with Gasteiger partial charge in [-0.25, -0.2) is 15.0 Å². The second-order valence-corrected chi connectivity index (χ2v) is 6.61. The Morgan fingerprint density at radius 3 is 2.85 bits per heavy atom. The van der Waals surface area contributed by atoms with Gasteiger partial charge in [-0.1, -0.05) is 13.0 Å². The van der Waals surface area contributed by atoms with Crippen LogP contribution in [0.3, 0.4) is 0 Å². The number of halogens is 1. The van der Waals surface area contributed by atoms with Crippen molar-refractivity contribution in [1.82, 2.24) is 20.6 Å². The molecule has 2 rings (SSSR count). The van der Waals surface area contributed by atoms with Crippen molar-refractivity contribution in [1.29, 1.82) is 0 Å². The predicted molar refractivity (Wildman–Crippen MR) is 119 cm³/mol. The maximum atomic E-state index is 5.69. The first-order chi connectivity index (χ1) is 12.2. The number of hydrogen-bond donors (Lipinski definition) is 2. The Bertz CT molecular complexity index is 677. The molecule has 2 heterocycles. The Labute approximate surface area is 176 Å². The van der Waals surface area contributed by atoms with Gasteiger partial charge in [0.2, 0.25) is 5.88 Å². The van der Waals surface area contributed by atoms with Crippen LogP contribution in [0, 0.1) is 6.92 Å². The van der Waals surface area contributed by atoms with Gasteiger partial charge in [0.1, 0.15) is 0 Å². The van der Waals surface area contributed by atoms with E-state index in [0.29, 0.717) is 19.0 Å². The molecular formula is C18H28IN5OS. The zero-order valence-electron chi connectivity index (χ0n) is 15.6. The third-order valence-corrected chi connectivity index (χ3v) is 4.21. The van der Waals surface area contributed by atoms with E-state index in [-0.39, 0.29) is 24.0 Å². The molecule has 0 aliphatic heterocycles. The summed E-state index contributed by atoms with van der Waals surface area (Å²) < 4.78 is 5.69. The molecule has 0 atom stereocenters. The smallest absolute Gasteiger partial charge is 0.218 e. The first-order valence-corrected chi connectivity index (χ1v) is 9.60. The minimum atomic E-state index is 0. The third-order valence-electron chi connectivity index (χ3n) is 3.38. The maximum absolute atomic E-state index is 5.69. The average Bonchev–Trinajstić information content (AvgIpc) is 3.03. The molecule has 0 spiro atoms. The number of pyridine rings is 1. The lowest BCUT2D eigenvalue weighted by atomic mass is 10.3. The summed E-state index contributed by atoms with van der Waals surface area (Å²) in [6, 6.07) is 3.91. The minimum Gasteiger partial charge on any atom is -0.477 e. The molecular weight excluding hydrogens is 461 g/mol. The van der Waals surface area contributed by atoms with E-state index in [1.54, 1.807) is 17.5 Å². The number of aryl methyl sites for hydroxylation is 1. The Balaban J connectivity index is 0.00000338. The molecule has 0 saturated carbocycles. The van der Waals surface area contributed by atoms with Crippen LogP contribution < -0.4 is 15.4 Å². The lowest BCUT2D eigenvalue weighted by Gasteiger charge is -2.12. The molecule has 26 heavy (non-hydrogen) atoms. The predicted octanol–water partition coefficient (Wildman–Crippen LogP) is 3.55. The Kier molecular flexibility index (Phi) is 11.2. The quantitative estimate of drug-likeness (QED) is 0.320. The number of aliphatic imine (C=N–C) groups is 1. The fourth-order valence-corrected chi connectivity index (χ4v) is 2.86. The van der Waals surface area contributed by atoms with E-state index >= 15 is 0 Å². The third kappa shape index (κ3) is 7.86. The summed E-state index contributed by atoms with van der Waals surface area (Å²) in [6.45, 7) is 8.96. The van der Waals surface area contributed by atoms with Crippen LogP contribution >= 0.6 is 35.3 Å². The van der Waals surface area contributed by atoms with Crippen molar-refractivity contribution < 1.29 is 4.74 Å². The van der Waals surface area contributed by atoms with E-state index in [0.717, 1.165) is 48.2 Å². The molecule has 0 unspecified atom stereocenters. The molecule has 0 aliphatic rings. The molecule has 2 N–H and O–H groups in total. The van der Waals surface area contributed by atoms with E-state index < -0.39 is 0 Å². The molecule has 8 heteroatoms. The molecule has 0 aliphatic carbocycles. The zero-order chi connectivity index (χ0) is 17.9. The highest BCUT2D eigenvalue weighted by Crippen LogP contribution is 2.15. The number of nitrogens with zero attached hydrogens (tertiary/aromatic N) is 3. The molecule has 0 bridgehead atoms. The molecule has 0 radical (unpaired) electrons. The maximum Gasteiger partial charge on any atom is 0.218 e. The van der Waals surface area contributed by atoms with Gasteiger partial charge in [0.25, 0.3) is 0 Å². The number of ether oxygens (including phenoxy) is 1. The van der Waals surface area contributed by atoms with Crippen molar-refractivity contribution >= 4 is 41.3 Å². The van der Waals surface area contributed by atoms with Crippen LogP contribution in [0.2, 0.25) is 0 Å². The monoisotopic (exact) mass is 489 g/mol. The SMILES string of the molecule is CCCOc1ncccc1CN=C(NCC)NCCc1csc(C)n1.I. The van der Waals surface area contributed by atoms with E-state index in [1.807, 2.05) is 19.1 Å². The van der Waals surface area contributed by atoms with Crippen molar-refractivity contribution in [2.24, 2.45) is 4.99 Å². The van der Waals surface area contributed by atoms with Crippen LogP contribution in [0.15, 0.2) is 28.7 Å². The highest BCUT2D eigenvalue weighted by Gasteiger charge is 2.05. The number of nitrogens with one attached hydrogen (secondary N) is 2. The summed E-state index contributed by atoms with van der Waals surface area (Å²) in [7, 11) is 0. The van der Waals surface area contributed by atoms with Crippen molar-refractivity contribution in [3.05, 3.63) is 40.0 Å². The number of rotatable bonds is 9. The van der Waals surface area contributed by atoms with Crippen LogP contribution in [0.25, 0.3) is 0 Å². The summed E-state index contributed by atoms with van der Waals surface area (Å²) in [5.41, 5.74) is 2.11. The fraction of sp³-hybridized carbons (Fsp3) is 0.500. The van der Waals surface area contributed by atoms with E-state index in [4.69, 9.17) is 4.74 Å². The summed E-state index contributed by atoms with van der Waals surface area (Å²) in [4.78, 5) is 13.4. The molecule has 0 amide bonds. The zero-order valence-corrected chi connectivity index (χ0v) is 18.8. The highest BCUT2D eigenvalue weighted by atomic mass is 127. The van der Waals surface area contributed by atoms with Crippen LogP contribution in [-0.4, -0.2) is 35.6 Å². The number of thiazole rings is 1. The summed E-state index contributed by atoms with van der Waals surface area (Å²) in [6.07, 6.45) is 3.59. The molecule has 0 saturated heterocycles. The first kappa shape index (κ1) is 22.6. The average molecular weight is 489 g/mol. The highest BCUT2D eigenvalue weighted by molar-refractivity contribution is 14.0. The standard InChI is InChI=1S/C18H27N5OS.HI/c1-4-11-24-17-15(7-6-9-20-17)12-22-18(19-5-2)21-10-8-16-13-25-14(3)23-16;/h6-7,9,13H,4-5,8,10-12H2,1-3H3,(H2,19,21,22);1H. The van der Waals surface area contributed by atoms with Gasteiger partial charge in [0.05, 0.1) is 23.9 Å². The van der Waals surface area contributed by atoms with Gasteiger partial charge in [-0.3, -0.25) is 0 Å². The fourth-order valence-electron chi connectivity index (χ4n) is 2.21.